The second kappa shape index (κ2) is 9.05. The lowest BCUT2D eigenvalue weighted by Crippen LogP contribution is -2.18. The Bertz CT molecular complexity index is 1100. The molecule has 0 spiro atoms. The highest BCUT2D eigenvalue weighted by molar-refractivity contribution is 6.10. The highest BCUT2D eigenvalue weighted by atomic mass is 16.4. The molecule has 6 heteroatoms. The molecule has 0 fully saturated rings. The molecule has 0 aliphatic rings. The van der Waals surface area contributed by atoms with Crippen LogP contribution in [0.2, 0.25) is 0 Å². The summed E-state index contributed by atoms with van der Waals surface area (Å²) in [5.74, 6) is -1.63. The second-order valence-electron chi connectivity index (χ2n) is 6.89. The molecule has 1 amide bonds. The second-order valence-corrected chi connectivity index (χ2v) is 6.89. The molecule has 0 unspecified atom stereocenters. The number of hydrogen-bond acceptors (Lipinski definition) is 4. The van der Waals surface area contributed by atoms with E-state index in [1.165, 1.54) is 25.2 Å². The molecule has 3 aromatic carbocycles. The Hall–Kier alpha value is -3.93. The summed E-state index contributed by atoms with van der Waals surface area (Å²) in [6.45, 7) is 2.24. The number of anilines is 1. The Morgan fingerprint density at radius 2 is 1.53 bits per heavy atom. The Labute approximate surface area is 174 Å². The van der Waals surface area contributed by atoms with Gasteiger partial charge in [-0.05, 0) is 48.9 Å². The molecule has 3 N–H and O–H groups in total. The zero-order valence-electron chi connectivity index (χ0n) is 16.7. The van der Waals surface area contributed by atoms with Gasteiger partial charge in [0.15, 0.2) is 5.78 Å². The Kier molecular flexibility index (Phi) is 6.27. The molecule has 0 aliphatic heterocycles. The fourth-order valence-electron chi connectivity index (χ4n) is 3.07. The van der Waals surface area contributed by atoms with Crippen LogP contribution < -0.4 is 10.6 Å². The number of nitrogens with one attached hydrogen (secondary N) is 2. The minimum atomic E-state index is -1.06. The first-order valence-corrected chi connectivity index (χ1v) is 9.42. The molecule has 0 saturated heterocycles. The van der Waals surface area contributed by atoms with Gasteiger partial charge in [-0.15, -0.1) is 0 Å². The van der Waals surface area contributed by atoms with Crippen LogP contribution in [0.4, 0.5) is 5.69 Å². The third-order valence-corrected chi connectivity index (χ3v) is 4.75. The van der Waals surface area contributed by atoms with Crippen molar-refractivity contribution < 1.29 is 19.5 Å². The summed E-state index contributed by atoms with van der Waals surface area (Å²) in [5, 5.41) is 15.2. The number of amides is 1. The number of aromatic carboxylic acids is 1. The molecular formula is C24H22N2O4. The molecule has 0 aromatic heterocycles. The Balaban J connectivity index is 1.89. The van der Waals surface area contributed by atoms with Crippen molar-refractivity contribution in [3.63, 3.8) is 0 Å². The maximum absolute atomic E-state index is 13.0. The van der Waals surface area contributed by atoms with Crippen LogP contribution in [0.25, 0.3) is 0 Å². The zero-order valence-corrected chi connectivity index (χ0v) is 16.7. The van der Waals surface area contributed by atoms with E-state index in [-0.39, 0.29) is 23.8 Å². The number of rotatable bonds is 7. The van der Waals surface area contributed by atoms with Crippen LogP contribution >= 0.6 is 0 Å². The van der Waals surface area contributed by atoms with Crippen molar-refractivity contribution >= 4 is 23.3 Å². The first-order valence-electron chi connectivity index (χ1n) is 9.42. The van der Waals surface area contributed by atoms with Crippen molar-refractivity contribution in [2.45, 2.75) is 13.5 Å². The van der Waals surface area contributed by atoms with Gasteiger partial charge in [-0.2, -0.15) is 0 Å². The zero-order chi connectivity index (χ0) is 21.7. The largest absolute Gasteiger partial charge is 0.478 e. The van der Waals surface area contributed by atoms with Gasteiger partial charge in [-0.3, -0.25) is 9.59 Å². The van der Waals surface area contributed by atoms with Crippen molar-refractivity contribution in [1.29, 1.82) is 0 Å². The molecule has 0 heterocycles. The summed E-state index contributed by atoms with van der Waals surface area (Å²) < 4.78 is 0. The first-order chi connectivity index (χ1) is 14.4. The van der Waals surface area contributed by atoms with Gasteiger partial charge >= 0.3 is 5.97 Å². The van der Waals surface area contributed by atoms with Gasteiger partial charge in [0.05, 0.1) is 5.56 Å². The van der Waals surface area contributed by atoms with Crippen molar-refractivity contribution in [3.05, 3.63) is 100 Å². The molecule has 3 rings (SSSR count). The summed E-state index contributed by atoms with van der Waals surface area (Å²) in [7, 11) is 1.52. The molecule has 3 aromatic rings. The van der Waals surface area contributed by atoms with Crippen molar-refractivity contribution in [1.82, 2.24) is 5.32 Å². The lowest BCUT2D eigenvalue weighted by Gasteiger charge is -2.12. The van der Waals surface area contributed by atoms with E-state index < -0.39 is 5.97 Å². The normalized spacial score (nSPS) is 10.3. The number of hydrogen-bond donors (Lipinski definition) is 3. The minimum Gasteiger partial charge on any atom is -0.478 e. The van der Waals surface area contributed by atoms with E-state index >= 15 is 0 Å². The number of carboxylic acid groups (broad SMARTS) is 1. The highest BCUT2D eigenvalue weighted by Gasteiger charge is 2.16. The van der Waals surface area contributed by atoms with Gasteiger partial charge in [-0.1, -0.05) is 35.9 Å². The molecule has 0 aliphatic carbocycles. The Morgan fingerprint density at radius 3 is 2.20 bits per heavy atom. The van der Waals surface area contributed by atoms with E-state index in [0.717, 1.165) is 11.3 Å². The van der Waals surface area contributed by atoms with Crippen LogP contribution in [-0.2, 0) is 6.54 Å². The van der Waals surface area contributed by atoms with Crippen LogP contribution in [0.15, 0.2) is 66.7 Å². The molecule has 6 nitrogen and oxygen atoms in total. The minimum absolute atomic E-state index is 0.130. The standard InChI is InChI=1S/C24H22N2O4/c1-15-6-9-20(10-7-15)26-14-19-13-17(8-11-21(19)24(29)30)22(27)16-4-3-5-18(12-16)23(28)25-2/h3-13,26H,14H2,1-2H3,(H,25,28)(H,29,30). The van der Waals surface area contributed by atoms with Crippen LogP contribution in [-0.4, -0.2) is 29.8 Å². The van der Waals surface area contributed by atoms with Gasteiger partial charge in [-0.25, -0.2) is 4.79 Å². The molecule has 30 heavy (non-hydrogen) atoms. The molecule has 0 atom stereocenters. The lowest BCUT2D eigenvalue weighted by atomic mass is 9.97. The maximum atomic E-state index is 13.0. The summed E-state index contributed by atoms with van der Waals surface area (Å²) in [6, 6.07) is 18.7. The van der Waals surface area contributed by atoms with Crippen LogP contribution in [0, 0.1) is 6.92 Å². The third-order valence-electron chi connectivity index (χ3n) is 4.75. The van der Waals surface area contributed by atoms with E-state index in [0.29, 0.717) is 22.3 Å². The summed E-state index contributed by atoms with van der Waals surface area (Å²) in [6.07, 6.45) is 0. The van der Waals surface area contributed by atoms with Crippen molar-refractivity contribution in [2.75, 3.05) is 12.4 Å². The van der Waals surface area contributed by atoms with Crippen molar-refractivity contribution in [3.8, 4) is 0 Å². The molecule has 0 saturated carbocycles. The summed E-state index contributed by atoms with van der Waals surface area (Å²) >= 11 is 0. The van der Waals surface area contributed by atoms with Gasteiger partial charge in [0.25, 0.3) is 5.91 Å². The van der Waals surface area contributed by atoms with Gasteiger partial charge in [0.1, 0.15) is 0 Å². The van der Waals surface area contributed by atoms with Crippen molar-refractivity contribution in [2.24, 2.45) is 0 Å². The van der Waals surface area contributed by atoms with Gasteiger partial charge in [0.2, 0.25) is 0 Å². The SMILES string of the molecule is CNC(=O)c1cccc(C(=O)c2ccc(C(=O)O)c(CNc3ccc(C)cc3)c2)c1. The molecule has 0 radical (unpaired) electrons. The smallest absolute Gasteiger partial charge is 0.336 e. The van der Waals surface area contributed by atoms with Crippen LogP contribution in [0.3, 0.4) is 0 Å². The topological polar surface area (TPSA) is 95.5 Å². The molecule has 0 bridgehead atoms. The third kappa shape index (κ3) is 4.72. The fraction of sp³-hybridized carbons (Fsp3) is 0.125. The highest BCUT2D eigenvalue weighted by Crippen LogP contribution is 2.19. The summed E-state index contributed by atoms with van der Waals surface area (Å²) in [4.78, 5) is 36.4. The van der Waals surface area contributed by atoms with Crippen LogP contribution in [0.1, 0.15) is 47.8 Å². The van der Waals surface area contributed by atoms with E-state index in [2.05, 4.69) is 10.6 Å². The van der Waals surface area contributed by atoms with E-state index in [9.17, 15) is 19.5 Å². The van der Waals surface area contributed by atoms with E-state index in [4.69, 9.17) is 0 Å². The lowest BCUT2D eigenvalue weighted by molar-refractivity contribution is 0.0695. The first kappa shape index (κ1) is 20.8. The number of benzene rings is 3. The van der Waals surface area contributed by atoms with E-state index in [1.54, 1.807) is 24.3 Å². The maximum Gasteiger partial charge on any atom is 0.336 e. The predicted octanol–water partition coefficient (Wildman–Crippen LogP) is 3.90. The number of carbonyl (C=O) groups is 3. The predicted molar refractivity (Wildman–Crippen MR) is 115 cm³/mol. The number of aryl methyl sites for hydroxylation is 1. The molecular weight excluding hydrogens is 380 g/mol. The van der Waals surface area contributed by atoms with Gasteiger partial charge in [0, 0.05) is 36.0 Å². The number of ketones is 1. The average molecular weight is 402 g/mol. The summed E-state index contributed by atoms with van der Waals surface area (Å²) in [5.41, 5.74) is 3.70. The number of carbonyl (C=O) groups excluding carboxylic acids is 2. The molecule has 152 valence electrons. The van der Waals surface area contributed by atoms with E-state index in [1.807, 2.05) is 31.2 Å². The quantitative estimate of drug-likeness (QED) is 0.521. The van der Waals surface area contributed by atoms with Gasteiger partial charge < -0.3 is 15.7 Å². The monoisotopic (exact) mass is 402 g/mol. The number of carboxylic acids is 1. The van der Waals surface area contributed by atoms with Crippen LogP contribution in [0.5, 0.6) is 0 Å². The average Bonchev–Trinajstić information content (AvgIpc) is 2.77. The fourth-order valence-corrected chi connectivity index (χ4v) is 3.07. The Morgan fingerprint density at radius 1 is 0.867 bits per heavy atom.